The minimum absolute atomic E-state index is 0.0453. The van der Waals surface area contributed by atoms with Gasteiger partial charge in [0, 0.05) is 80.8 Å². The van der Waals surface area contributed by atoms with Crippen LogP contribution in [0.15, 0.2) is 52.5 Å². The average Bonchev–Trinajstić information content (AvgIpc) is 3.69. The number of hydrogen-bond donors (Lipinski definition) is 1. The Bertz CT molecular complexity index is 2500. The minimum Gasteiger partial charge on any atom is -0.497 e. The molecule has 1 saturated heterocycles. The molecule has 1 unspecified atom stereocenters. The predicted octanol–water partition coefficient (Wildman–Crippen LogP) is 5.25. The van der Waals surface area contributed by atoms with Crippen LogP contribution in [-0.4, -0.2) is 133 Å². The van der Waals surface area contributed by atoms with Crippen molar-refractivity contribution in [3.8, 4) is 17.2 Å². The molecule has 2 aliphatic rings. The Morgan fingerprint density at radius 1 is 0.955 bits per heavy atom. The maximum Gasteiger partial charge on any atom is 0.340 e. The Morgan fingerprint density at radius 2 is 1.62 bits per heavy atom. The number of azide groups is 1. The number of nitrogens with one attached hydrogen (secondary N) is 1. The zero-order valence-corrected chi connectivity index (χ0v) is 39.3. The second-order valence-electron chi connectivity index (χ2n) is 16.2. The number of likely N-dealkylation sites (N-methyl/N-ethyl adjacent to an activating group) is 1. The summed E-state index contributed by atoms with van der Waals surface area (Å²) in [5.41, 5.74) is 8.94. The van der Waals surface area contributed by atoms with E-state index in [2.05, 4.69) is 15.3 Å². The number of benzene rings is 3. The van der Waals surface area contributed by atoms with E-state index in [1.54, 1.807) is 32.0 Å². The van der Waals surface area contributed by atoms with Gasteiger partial charge in [0.25, 0.3) is 5.91 Å². The smallest absolute Gasteiger partial charge is 0.340 e. The molecule has 1 amide bonds. The zero-order valence-electron chi connectivity index (χ0n) is 37.7. The van der Waals surface area contributed by atoms with Crippen LogP contribution >= 0.6 is 11.6 Å². The van der Waals surface area contributed by atoms with E-state index >= 15 is 0 Å². The molecule has 21 nitrogen and oxygen atoms in total. The molecule has 0 bridgehead atoms. The summed E-state index contributed by atoms with van der Waals surface area (Å²) in [6, 6.07) is 9.82. The van der Waals surface area contributed by atoms with Crippen LogP contribution in [0.5, 0.6) is 17.2 Å². The molecule has 3 aromatic carbocycles. The fourth-order valence-corrected chi connectivity index (χ4v) is 8.98. The number of hydrogen-bond acceptors (Lipinski definition) is 18. The molecule has 0 aliphatic carbocycles. The summed E-state index contributed by atoms with van der Waals surface area (Å²) in [6.07, 6.45) is -9.02. The Hall–Kier alpha value is -6.06. The second kappa shape index (κ2) is 21.5. The zero-order chi connectivity index (χ0) is 48.7. The SMILES string of the molecule is COC(=O)[C@H]1O[C@@H](Oc2ccc(C(=O)N(C)CC(C)(C)OCC(C)CN=[N+]=[N-])cc2OS(=O)(=O)c2cc3c(c4cc(OC)ccc24)[C@H](CCl)CN3)[C@H](OC(C)=O)[C@@H](OC(C)=O)[C@@H]1OC(C)=O. The van der Waals surface area contributed by atoms with Crippen molar-refractivity contribution in [2.45, 2.75) is 88.7 Å². The highest BCUT2D eigenvalue weighted by molar-refractivity contribution is 7.87. The molecular weight excluding hydrogens is 910 g/mol. The number of halogens is 1. The molecule has 3 aromatic rings. The molecule has 5 rings (SSSR count). The van der Waals surface area contributed by atoms with Crippen LogP contribution in [0, 0.1) is 5.92 Å². The third-order valence-corrected chi connectivity index (χ3v) is 12.0. The van der Waals surface area contributed by atoms with E-state index in [0.29, 0.717) is 23.4 Å². The molecule has 0 spiro atoms. The molecule has 2 heterocycles. The van der Waals surface area contributed by atoms with Crippen LogP contribution in [0.3, 0.4) is 0 Å². The number of nitrogens with zero attached hydrogens (tertiary/aromatic N) is 4. The van der Waals surface area contributed by atoms with Crippen molar-refractivity contribution in [3.05, 3.63) is 64.0 Å². The second-order valence-corrected chi connectivity index (χ2v) is 18.0. The van der Waals surface area contributed by atoms with Gasteiger partial charge in [-0.3, -0.25) is 19.2 Å². The van der Waals surface area contributed by atoms with Gasteiger partial charge in [0.2, 0.25) is 12.4 Å². The lowest BCUT2D eigenvalue weighted by molar-refractivity contribution is -0.282. The molecule has 0 saturated carbocycles. The lowest BCUT2D eigenvalue weighted by Gasteiger charge is -2.43. The normalized spacial score (nSPS) is 20.6. The predicted molar refractivity (Wildman–Crippen MR) is 235 cm³/mol. The molecule has 1 fully saturated rings. The van der Waals surface area contributed by atoms with Gasteiger partial charge in [-0.2, -0.15) is 8.42 Å². The summed E-state index contributed by atoms with van der Waals surface area (Å²) in [4.78, 5) is 68.4. The maximum absolute atomic E-state index is 14.7. The van der Waals surface area contributed by atoms with Crippen molar-refractivity contribution in [2.24, 2.45) is 11.0 Å². The van der Waals surface area contributed by atoms with Gasteiger partial charge in [-0.1, -0.05) is 12.0 Å². The monoisotopic (exact) mass is 961 g/mol. The summed E-state index contributed by atoms with van der Waals surface area (Å²) >= 11 is 6.33. The first-order valence-electron chi connectivity index (χ1n) is 20.5. The summed E-state index contributed by atoms with van der Waals surface area (Å²) in [5.74, 6) is -5.14. The first-order chi connectivity index (χ1) is 31.1. The summed E-state index contributed by atoms with van der Waals surface area (Å²) in [6.45, 7) is 9.30. The standard InChI is InChI=1S/C43H52ClN5O16S/c1-22(18-47-48-45)20-59-43(5,6)21-49(7)40(53)26-10-13-32(63-42-39(62-25(4)52)37(61-24(3)51)36(60-23(2)50)38(64-42)41(54)58-9)33(14-26)65-66(55,56)34-16-31-35(27(17-44)19-46-31)30-15-28(57-8)11-12-29(30)34/h10-16,22,27,36-39,42,46H,17-21H2,1-9H3/t22?,27-,36+,37+,38+,39-,42-/m1/s1. The fraction of sp³-hybridized carbons (Fsp3) is 0.512. The van der Waals surface area contributed by atoms with Crippen LogP contribution in [0.1, 0.15) is 63.4 Å². The van der Waals surface area contributed by atoms with Crippen molar-refractivity contribution >= 4 is 68.0 Å². The van der Waals surface area contributed by atoms with E-state index < -0.39 is 87.7 Å². The molecule has 0 aromatic heterocycles. The quantitative estimate of drug-likeness (QED) is 0.0306. The Labute approximate surface area is 385 Å². The van der Waals surface area contributed by atoms with E-state index in [9.17, 15) is 32.4 Å². The fourth-order valence-electron chi connectivity index (χ4n) is 7.55. The number of rotatable bonds is 19. The van der Waals surface area contributed by atoms with E-state index in [1.165, 1.54) is 37.3 Å². The number of amides is 1. The number of esters is 4. The molecular formula is C43H52ClN5O16S. The Morgan fingerprint density at radius 3 is 2.24 bits per heavy atom. The van der Waals surface area contributed by atoms with Crippen molar-refractivity contribution in [2.75, 3.05) is 58.7 Å². The van der Waals surface area contributed by atoms with Crippen LogP contribution in [0.25, 0.3) is 21.2 Å². The van der Waals surface area contributed by atoms with E-state index in [1.807, 2.05) is 6.92 Å². The van der Waals surface area contributed by atoms with Crippen LogP contribution < -0.4 is 19.0 Å². The van der Waals surface area contributed by atoms with Crippen LogP contribution in [0.2, 0.25) is 0 Å². The highest BCUT2D eigenvalue weighted by Gasteiger charge is 2.56. The first-order valence-corrected chi connectivity index (χ1v) is 22.4. The highest BCUT2D eigenvalue weighted by atomic mass is 35.5. The molecule has 23 heteroatoms. The number of carbonyl (C=O) groups excluding carboxylic acids is 5. The first kappa shape index (κ1) is 50.9. The van der Waals surface area contributed by atoms with Gasteiger partial charge in [-0.25, -0.2) is 4.79 Å². The van der Waals surface area contributed by atoms with Crippen molar-refractivity contribution in [1.82, 2.24) is 4.90 Å². The van der Waals surface area contributed by atoms with Crippen LogP contribution in [0.4, 0.5) is 5.69 Å². The average molecular weight is 962 g/mol. The topological polar surface area (TPSA) is 267 Å². The molecule has 66 heavy (non-hydrogen) atoms. The lowest BCUT2D eigenvalue weighted by atomic mass is 9.96. The van der Waals surface area contributed by atoms with E-state index in [0.717, 1.165) is 39.5 Å². The van der Waals surface area contributed by atoms with Gasteiger partial charge in [-0.05, 0) is 78.7 Å². The van der Waals surface area contributed by atoms with Gasteiger partial charge in [0.15, 0.2) is 29.8 Å². The number of anilines is 1. The third-order valence-electron chi connectivity index (χ3n) is 10.4. The highest BCUT2D eigenvalue weighted by Crippen LogP contribution is 2.44. The third kappa shape index (κ3) is 12.0. The maximum atomic E-state index is 14.7. The molecule has 2 aliphatic heterocycles. The van der Waals surface area contributed by atoms with Crippen molar-refractivity contribution in [1.29, 1.82) is 0 Å². The lowest BCUT2D eigenvalue weighted by Crippen LogP contribution is -2.64. The van der Waals surface area contributed by atoms with E-state index in [4.69, 9.17) is 59.2 Å². The number of carbonyl (C=O) groups is 5. The number of fused-ring (bicyclic) bond motifs is 3. The van der Waals surface area contributed by atoms with Gasteiger partial charge < -0.3 is 52.3 Å². The Balaban J connectivity index is 1.63. The molecule has 358 valence electrons. The molecule has 1 N–H and O–H groups in total. The minimum atomic E-state index is -4.89. The molecule has 0 radical (unpaired) electrons. The largest absolute Gasteiger partial charge is 0.497 e. The van der Waals surface area contributed by atoms with Gasteiger partial charge in [0.05, 0.1) is 26.4 Å². The van der Waals surface area contributed by atoms with Crippen molar-refractivity contribution in [3.63, 3.8) is 0 Å². The van der Waals surface area contributed by atoms with Gasteiger partial charge in [0.1, 0.15) is 10.6 Å². The number of ether oxygens (including phenoxy) is 8. The number of alkyl halides is 1. The summed E-state index contributed by atoms with van der Waals surface area (Å²) in [7, 11) is -0.898. The number of methoxy groups -OCH3 is 2. The summed E-state index contributed by atoms with van der Waals surface area (Å²) in [5, 5.41) is 7.56. The van der Waals surface area contributed by atoms with Gasteiger partial charge in [-0.15, -0.1) is 11.6 Å². The van der Waals surface area contributed by atoms with Crippen LogP contribution in [-0.2, 0) is 57.7 Å². The van der Waals surface area contributed by atoms with Gasteiger partial charge >= 0.3 is 34.0 Å². The van der Waals surface area contributed by atoms with Crippen molar-refractivity contribution < 1.29 is 74.5 Å². The van der Waals surface area contributed by atoms with E-state index in [-0.39, 0.29) is 53.3 Å². The molecule has 7 atom stereocenters. The summed E-state index contributed by atoms with van der Waals surface area (Å²) < 4.78 is 80.2. The Kier molecular flexibility index (Phi) is 16.6.